The van der Waals surface area contributed by atoms with Gasteiger partial charge in [-0.3, -0.25) is 4.79 Å². The van der Waals surface area contributed by atoms with Crippen LogP contribution in [0.4, 0.5) is 4.39 Å². The van der Waals surface area contributed by atoms with Crippen molar-refractivity contribution in [3.63, 3.8) is 0 Å². The van der Waals surface area contributed by atoms with Gasteiger partial charge in [-0.25, -0.2) is 4.39 Å². The lowest BCUT2D eigenvalue weighted by Gasteiger charge is -2.21. The third kappa shape index (κ3) is 3.70. The molecular formula is C13H17ClFNO. The van der Waals surface area contributed by atoms with Crippen LogP contribution in [0.2, 0.25) is 0 Å². The third-order valence-corrected chi connectivity index (χ3v) is 2.72. The molecule has 1 aromatic carbocycles. The standard InChI is InChI=1S/C13H17ClFNO/c1-3-7-16(8-6-14)13(17)12-5-4-11(15)9-10(12)2/h4-5,9H,3,6-8H2,1-2H3. The summed E-state index contributed by atoms with van der Waals surface area (Å²) in [6.45, 7) is 4.93. The molecule has 0 radical (unpaired) electrons. The molecule has 0 saturated carbocycles. The number of halogens is 2. The van der Waals surface area contributed by atoms with Crippen LogP contribution >= 0.6 is 11.6 Å². The molecule has 0 aliphatic heterocycles. The zero-order valence-corrected chi connectivity index (χ0v) is 10.9. The average molecular weight is 258 g/mol. The van der Waals surface area contributed by atoms with E-state index in [0.717, 1.165) is 6.42 Å². The first-order chi connectivity index (χ1) is 8.10. The van der Waals surface area contributed by atoms with Gasteiger partial charge in [0.2, 0.25) is 0 Å². The van der Waals surface area contributed by atoms with Gasteiger partial charge >= 0.3 is 0 Å². The summed E-state index contributed by atoms with van der Waals surface area (Å²) in [5.41, 5.74) is 1.20. The maximum atomic E-state index is 13.0. The van der Waals surface area contributed by atoms with Crippen molar-refractivity contribution in [1.82, 2.24) is 4.90 Å². The van der Waals surface area contributed by atoms with Crippen LogP contribution in [0.3, 0.4) is 0 Å². The third-order valence-electron chi connectivity index (χ3n) is 2.55. The molecule has 4 heteroatoms. The van der Waals surface area contributed by atoms with Crippen molar-refractivity contribution in [3.05, 3.63) is 35.1 Å². The molecule has 0 heterocycles. The number of benzene rings is 1. The van der Waals surface area contributed by atoms with Gasteiger partial charge in [0.25, 0.3) is 5.91 Å². The Morgan fingerprint density at radius 3 is 2.65 bits per heavy atom. The van der Waals surface area contributed by atoms with Crippen LogP contribution in [-0.4, -0.2) is 29.8 Å². The molecular weight excluding hydrogens is 241 g/mol. The second-order valence-corrected chi connectivity index (χ2v) is 4.32. The number of nitrogens with zero attached hydrogens (tertiary/aromatic N) is 1. The van der Waals surface area contributed by atoms with Crippen molar-refractivity contribution in [2.45, 2.75) is 20.3 Å². The smallest absolute Gasteiger partial charge is 0.254 e. The monoisotopic (exact) mass is 257 g/mol. The molecule has 0 spiro atoms. The molecule has 0 unspecified atom stereocenters. The first-order valence-electron chi connectivity index (χ1n) is 5.71. The van der Waals surface area contributed by atoms with E-state index in [1.165, 1.54) is 18.2 Å². The second kappa shape index (κ2) is 6.60. The Morgan fingerprint density at radius 1 is 1.41 bits per heavy atom. The topological polar surface area (TPSA) is 20.3 Å². The Balaban J connectivity index is 2.92. The summed E-state index contributed by atoms with van der Waals surface area (Å²) in [4.78, 5) is 13.9. The van der Waals surface area contributed by atoms with Gasteiger partial charge in [0.15, 0.2) is 0 Å². The quantitative estimate of drug-likeness (QED) is 0.742. The normalized spacial score (nSPS) is 10.4. The summed E-state index contributed by atoms with van der Waals surface area (Å²) in [7, 11) is 0. The van der Waals surface area contributed by atoms with Crippen LogP contribution in [-0.2, 0) is 0 Å². The lowest BCUT2D eigenvalue weighted by atomic mass is 10.1. The Morgan fingerprint density at radius 2 is 2.12 bits per heavy atom. The summed E-state index contributed by atoms with van der Waals surface area (Å²) in [6, 6.07) is 4.22. The van der Waals surface area contributed by atoms with Gasteiger partial charge in [0.1, 0.15) is 5.82 Å². The number of carbonyl (C=O) groups is 1. The minimum Gasteiger partial charge on any atom is -0.337 e. The predicted molar refractivity (Wildman–Crippen MR) is 68.1 cm³/mol. The number of rotatable bonds is 5. The molecule has 0 fully saturated rings. The van der Waals surface area contributed by atoms with Crippen LogP contribution in [0.25, 0.3) is 0 Å². The van der Waals surface area contributed by atoms with Crippen molar-refractivity contribution in [3.8, 4) is 0 Å². The van der Waals surface area contributed by atoms with Crippen molar-refractivity contribution in [2.75, 3.05) is 19.0 Å². The van der Waals surface area contributed by atoms with Crippen LogP contribution in [0.5, 0.6) is 0 Å². The molecule has 94 valence electrons. The summed E-state index contributed by atoms with van der Waals surface area (Å²) < 4.78 is 13.0. The molecule has 0 atom stereocenters. The van der Waals surface area contributed by atoms with Crippen molar-refractivity contribution in [1.29, 1.82) is 0 Å². The van der Waals surface area contributed by atoms with Crippen molar-refractivity contribution >= 4 is 17.5 Å². The highest BCUT2D eigenvalue weighted by Gasteiger charge is 2.16. The summed E-state index contributed by atoms with van der Waals surface area (Å²) in [6.07, 6.45) is 0.878. The molecule has 0 saturated heterocycles. The number of carbonyl (C=O) groups excluding carboxylic acids is 1. The SMILES string of the molecule is CCCN(CCCl)C(=O)c1ccc(F)cc1C. The number of amides is 1. The first-order valence-corrected chi connectivity index (χ1v) is 6.25. The van der Waals surface area contributed by atoms with Crippen LogP contribution < -0.4 is 0 Å². The van der Waals surface area contributed by atoms with Gasteiger partial charge in [0, 0.05) is 24.5 Å². The number of alkyl halides is 1. The van der Waals surface area contributed by atoms with Crippen LogP contribution in [0.1, 0.15) is 29.3 Å². The first kappa shape index (κ1) is 14.0. The Hall–Kier alpha value is -1.09. The van der Waals surface area contributed by atoms with Gasteiger partial charge < -0.3 is 4.90 Å². The fourth-order valence-corrected chi connectivity index (χ4v) is 1.93. The van der Waals surface area contributed by atoms with E-state index in [1.54, 1.807) is 11.8 Å². The fourth-order valence-electron chi connectivity index (χ4n) is 1.72. The van der Waals surface area contributed by atoms with Gasteiger partial charge in [0.05, 0.1) is 0 Å². The molecule has 1 aromatic rings. The number of hydrogen-bond acceptors (Lipinski definition) is 1. The molecule has 1 amide bonds. The Labute approximate surface area is 106 Å². The fraction of sp³-hybridized carbons (Fsp3) is 0.462. The second-order valence-electron chi connectivity index (χ2n) is 3.94. The van der Waals surface area contributed by atoms with E-state index in [4.69, 9.17) is 11.6 Å². The highest BCUT2D eigenvalue weighted by atomic mass is 35.5. The molecule has 0 aromatic heterocycles. The molecule has 2 nitrogen and oxygen atoms in total. The number of hydrogen-bond donors (Lipinski definition) is 0. The predicted octanol–water partition coefficient (Wildman–Crippen LogP) is 3.23. The zero-order chi connectivity index (χ0) is 12.8. The molecule has 0 bridgehead atoms. The van der Waals surface area contributed by atoms with Gasteiger partial charge in [-0.15, -0.1) is 11.6 Å². The van der Waals surface area contributed by atoms with Crippen molar-refractivity contribution in [2.24, 2.45) is 0 Å². The van der Waals surface area contributed by atoms with E-state index in [0.29, 0.717) is 30.1 Å². The van der Waals surface area contributed by atoms with E-state index >= 15 is 0 Å². The van der Waals surface area contributed by atoms with Gasteiger partial charge in [-0.1, -0.05) is 6.92 Å². The van der Waals surface area contributed by atoms with E-state index in [1.807, 2.05) is 6.92 Å². The molecule has 0 aliphatic carbocycles. The molecule has 0 N–H and O–H groups in total. The minimum absolute atomic E-state index is 0.0787. The van der Waals surface area contributed by atoms with Crippen LogP contribution in [0, 0.1) is 12.7 Å². The summed E-state index contributed by atoms with van der Waals surface area (Å²) in [5, 5.41) is 0. The largest absolute Gasteiger partial charge is 0.337 e. The number of aryl methyl sites for hydroxylation is 1. The van der Waals surface area contributed by atoms with E-state index in [2.05, 4.69) is 0 Å². The zero-order valence-electron chi connectivity index (χ0n) is 10.2. The molecule has 0 aliphatic rings. The Bertz CT molecular complexity index is 389. The van der Waals surface area contributed by atoms with Gasteiger partial charge in [-0.05, 0) is 37.1 Å². The molecule has 1 rings (SSSR count). The lowest BCUT2D eigenvalue weighted by Crippen LogP contribution is -2.33. The Kier molecular flexibility index (Phi) is 5.42. The lowest BCUT2D eigenvalue weighted by molar-refractivity contribution is 0.0765. The molecule has 17 heavy (non-hydrogen) atoms. The minimum atomic E-state index is -0.321. The summed E-state index contributed by atoms with van der Waals surface area (Å²) >= 11 is 5.67. The average Bonchev–Trinajstić information content (AvgIpc) is 2.28. The van der Waals surface area contributed by atoms with E-state index < -0.39 is 0 Å². The van der Waals surface area contributed by atoms with Crippen LogP contribution in [0.15, 0.2) is 18.2 Å². The highest BCUT2D eigenvalue weighted by Crippen LogP contribution is 2.13. The van der Waals surface area contributed by atoms with Crippen molar-refractivity contribution < 1.29 is 9.18 Å². The maximum absolute atomic E-state index is 13.0. The maximum Gasteiger partial charge on any atom is 0.254 e. The van der Waals surface area contributed by atoms with E-state index in [-0.39, 0.29) is 11.7 Å². The van der Waals surface area contributed by atoms with E-state index in [9.17, 15) is 9.18 Å². The highest BCUT2D eigenvalue weighted by molar-refractivity contribution is 6.18. The van der Waals surface area contributed by atoms with Gasteiger partial charge in [-0.2, -0.15) is 0 Å². The summed E-state index contributed by atoms with van der Waals surface area (Å²) in [5.74, 6) is 0.00912.